The molecule has 1 aromatic carbocycles. The first-order chi connectivity index (χ1) is 11.0. The maximum absolute atomic E-state index is 12.7. The van der Waals surface area contributed by atoms with E-state index in [2.05, 4.69) is 13.0 Å². The van der Waals surface area contributed by atoms with Crippen LogP contribution in [0.3, 0.4) is 0 Å². The van der Waals surface area contributed by atoms with Crippen molar-refractivity contribution in [2.24, 2.45) is 0 Å². The molecule has 0 aliphatic rings. The van der Waals surface area contributed by atoms with E-state index in [9.17, 15) is 4.79 Å². The molecule has 0 radical (unpaired) electrons. The molecule has 0 N–H and O–H groups in total. The van der Waals surface area contributed by atoms with Gasteiger partial charge in [-0.15, -0.1) is 0 Å². The molecule has 0 aliphatic carbocycles. The molecule has 0 fully saturated rings. The first-order valence-electron chi connectivity index (χ1n) is 7.79. The van der Waals surface area contributed by atoms with Crippen LogP contribution >= 0.6 is 0 Å². The van der Waals surface area contributed by atoms with Crippen LogP contribution in [0.15, 0.2) is 35.1 Å². The van der Waals surface area contributed by atoms with Gasteiger partial charge in [-0.2, -0.15) is 5.26 Å². The fraction of sp³-hybridized carbons (Fsp3) is 0.368. The van der Waals surface area contributed by atoms with Crippen LogP contribution in [0, 0.1) is 18.3 Å². The number of hydrogen-bond donors (Lipinski definition) is 0. The molecule has 1 heterocycles. The Kier molecular flexibility index (Phi) is 5.23. The van der Waals surface area contributed by atoms with Gasteiger partial charge in [0, 0.05) is 11.6 Å². The molecular formula is C19H22N2O2. The number of pyridine rings is 1. The molecule has 1 atom stereocenters. The van der Waals surface area contributed by atoms with Crippen LogP contribution in [0.5, 0.6) is 5.75 Å². The van der Waals surface area contributed by atoms with E-state index in [1.165, 1.54) is 0 Å². The number of benzene rings is 1. The zero-order chi connectivity index (χ0) is 17.0. The Labute approximate surface area is 137 Å². The molecule has 2 rings (SSSR count). The topological polar surface area (TPSA) is 55.0 Å². The highest BCUT2D eigenvalue weighted by Gasteiger charge is 2.15. The fourth-order valence-corrected chi connectivity index (χ4v) is 2.71. The number of aryl methyl sites for hydroxylation is 1. The number of aromatic nitrogens is 1. The Hall–Kier alpha value is -2.54. The molecule has 0 aliphatic heterocycles. The predicted octanol–water partition coefficient (Wildman–Crippen LogP) is 3.87. The van der Waals surface area contributed by atoms with Crippen LogP contribution in [-0.4, -0.2) is 11.7 Å². The minimum atomic E-state index is -0.0770. The lowest BCUT2D eigenvalue weighted by Gasteiger charge is -2.20. The zero-order valence-electron chi connectivity index (χ0n) is 14.1. The number of nitriles is 1. The average Bonchev–Trinajstić information content (AvgIpc) is 2.56. The second-order valence-electron chi connectivity index (χ2n) is 5.70. The summed E-state index contributed by atoms with van der Waals surface area (Å²) in [6.07, 6.45) is 0.981. The van der Waals surface area contributed by atoms with Gasteiger partial charge >= 0.3 is 0 Å². The van der Waals surface area contributed by atoms with Gasteiger partial charge in [-0.25, -0.2) is 0 Å². The van der Waals surface area contributed by atoms with E-state index in [1.807, 2.05) is 38.1 Å². The highest BCUT2D eigenvalue weighted by Crippen LogP contribution is 2.27. The van der Waals surface area contributed by atoms with Gasteiger partial charge in [0.1, 0.15) is 5.75 Å². The summed E-state index contributed by atoms with van der Waals surface area (Å²) in [4.78, 5) is 12.7. The molecule has 1 unspecified atom stereocenters. The molecule has 120 valence electrons. The number of rotatable bonds is 5. The minimum Gasteiger partial charge on any atom is -0.496 e. The molecular weight excluding hydrogens is 288 g/mol. The molecule has 4 heteroatoms. The van der Waals surface area contributed by atoms with Crippen molar-refractivity contribution in [1.29, 1.82) is 5.26 Å². The largest absolute Gasteiger partial charge is 0.496 e. The SMILES string of the molecule is CCC(C)n1c(-c2ccc(OC)c(C)c2)ccc(CC#N)c1=O. The summed E-state index contributed by atoms with van der Waals surface area (Å²) in [7, 11) is 1.65. The summed E-state index contributed by atoms with van der Waals surface area (Å²) < 4.78 is 7.10. The van der Waals surface area contributed by atoms with Crippen LogP contribution in [0.1, 0.15) is 37.4 Å². The highest BCUT2D eigenvalue weighted by atomic mass is 16.5. The first-order valence-corrected chi connectivity index (χ1v) is 7.79. The number of hydrogen-bond acceptors (Lipinski definition) is 3. The van der Waals surface area contributed by atoms with E-state index in [-0.39, 0.29) is 18.0 Å². The highest BCUT2D eigenvalue weighted by molar-refractivity contribution is 5.63. The second-order valence-corrected chi connectivity index (χ2v) is 5.70. The third kappa shape index (κ3) is 3.29. The van der Waals surface area contributed by atoms with Crippen LogP contribution in [0.2, 0.25) is 0 Å². The van der Waals surface area contributed by atoms with E-state index >= 15 is 0 Å². The van der Waals surface area contributed by atoms with Gasteiger partial charge < -0.3 is 9.30 Å². The summed E-state index contributed by atoms with van der Waals surface area (Å²) in [6.45, 7) is 6.06. The van der Waals surface area contributed by atoms with Gasteiger partial charge in [-0.05, 0) is 55.7 Å². The molecule has 0 saturated heterocycles. The van der Waals surface area contributed by atoms with Crippen molar-refractivity contribution in [2.45, 2.75) is 39.7 Å². The molecule has 0 bridgehead atoms. The molecule has 0 amide bonds. The number of ether oxygens (including phenoxy) is 1. The summed E-state index contributed by atoms with van der Waals surface area (Å²) in [5.41, 5.74) is 3.34. The molecule has 0 spiro atoms. The zero-order valence-corrected chi connectivity index (χ0v) is 14.1. The quantitative estimate of drug-likeness (QED) is 0.842. The van der Waals surface area contributed by atoms with E-state index < -0.39 is 0 Å². The van der Waals surface area contributed by atoms with Gasteiger partial charge in [0.2, 0.25) is 0 Å². The van der Waals surface area contributed by atoms with Crippen LogP contribution in [0.4, 0.5) is 0 Å². The number of methoxy groups -OCH3 is 1. The summed E-state index contributed by atoms with van der Waals surface area (Å²) in [5.74, 6) is 0.826. The van der Waals surface area contributed by atoms with Gasteiger partial charge in [0.05, 0.1) is 25.3 Å². The standard InChI is InChI=1S/C19H22N2O2/c1-5-14(3)21-17(8-6-15(10-11-20)19(21)22)16-7-9-18(23-4)13(2)12-16/h6-9,12,14H,5,10H2,1-4H3. The lowest BCUT2D eigenvalue weighted by Crippen LogP contribution is -2.27. The molecule has 1 aromatic heterocycles. The van der Waals surface area contributed by atoms with Gasteiger partial charge in [0.15, 0.2) is 0 Å². The monoisotopic (exact) mass is 310 g/mol. The van der Waals surface area contributed by atoms with Gasteiger partial charge in [0.25, 0.3) is 5.56 Å². The molecule has 4 nitrogen and oxygen atoms in total. The Morgan fingerprint density at radius 1 is 1.30 bits per heavy atom. The predicted molar refractivity (Wildman–Crippen MR) is 91.7 cm³/mol. The lowest BCUT2D eigenvalue weighted by atomic mass is 10.0. The maximum atomic E-state index is 12.7. The van der Waals surface area contributed by atoms with Gasteiger partial charge in [-0.1, -0.05) is 13.0 Å². The smallest absolute Gasteiger partial charge is 0.255 e. The fourth-order valence-electron chi connectivity index (χ4n) is 2.71. The van der Waals surface area contributed by atoms with Crippen molar-refractivity contribution < 1.29 is 4.74 Å². The van der Waals surface area contributed by atoms with Crippen molar-refractivity contribution in [1.82, 2.24) is 4.57 Å². The Morgan fingerprint density at radius 2 is 2.04 bits per heavy atom. The van der Waals surface area contributed by atoms with Crippen molar-refractivity contribution in [3.63, 3.8) is 0 Å². The van der Waals surface area contributed by atoms with Crippen molar-refractivity contribution >= 4 is 0 Å². The van der Waals surface area contributed by atoms with Crippen LogP contribution in [0.25, 0.3) is 11.3 Å². The minimum absolute atomic E-state index is 0.0681. The van der Waals surface area contributed by atoms with Crippen molar-refractivity contribution in [2.75, 3.05) is 7.11 Å². The van der Waals surface area contributed by atoms with Crippen molar-refractivity contribution in [3.8, 4) is 23.1 Å². The van der Waals surface area contributed by atoms with Crippen molar-refractivity contribution in [3.05, 3.63) is 51.8 Å². The van der Waals surface area contributed by atoms with E-state index in [0.717, 1.165) is 29.0 Å². The van der Waals surface area contributed by atoms with Crippen LogP contribution in [-0.2, 0) is 6.42 Å². The molecule has 23 heavy (non-hydrogen) atoms. The average molecular weight is 310 g/mol. The third-order valence-corrected chi connectivity index (χ3v) is 4.19. The van der Waals surface area contributed by atoms with Gasteiger partial charge in [-0.3, -0.25) is 4.79 Å². The second kappa shape index (κ2) is 7.15. The maximum Gasteiger partial charge on any atom is 0.255 e. The normalized spacial score (nSPS) is 11.8. The Morgan fingerprint density at radius 3 is 2.61 bits per heavy atom. The summed E-state index contributed by atoms with van der Waals surface area (Å²) >= 11 is 0. The lowest BCUT2D eigenvalue weighted by molar-refractivity contribution is 0.411. The summed E-state index contributed by atoms with van der Waals surface area (Å²) in [6, 6.07) is 11.7. The van der Waals surface area contributed by atoms with Crippen LogP contribution < -0.4 is 10.3 Å². The van der Waals surface area contributed by atoms with E-state index in [4.69, 9.17) is 10.00 Å². The van der Waals surface area contributed by atoms with E-state index in [1.54, 1.807) is 17.7 Å². The molecule has 2 aromatic rings. The van der Waals surface area contributed by atoms with E-state index in [0.29, 0.717) is 5.56 Å². The number of nitrogens with zero attached hydrogens (tertiary/aromatic N) is 2. The third-order valence-electron chi connectivity index (χ3n) is 4.19. The summed E-state index contributed by atoms with van der Waals surface area (Å²) in [5, 5.41) is 8.90. The first kappa shape index (κ1) is 16.8. The Bertz CT molecular complexity index is 800. The molecule has 0 saturated carbocycles. The Balaban J connectivity index is 2.67.